The Morgan fingerprint density at radius 2 is 1.83 bits per heavy atom. The number of nitriles is 1. The number of rotatable bonds is 13. The van der Waals surface area contributed by atoms with Gasteiger partial charge < -0.3 is 15.1 Å². The maximum absolute atomic E-state index is 12.4. The minimum Gasteiger partial charge on any atom is -0.385 e. The van der Waals surface area contributed by atoms with E-state index in [4.69, 9.17) is 9.97 Å². The van der Waals surface area contributed by atoms with Crippen molar-refractivity contribution in [2.45, 2.75) is 45.4 Å². The molecule has 0 spiro atoms. The second-order valence-corrected chi connectivity index (χ2v) is 14.5. The number of carbonyl (C=O) groups is 2. The maximum Gasteiger partial charge on any atom is 0.233 e. The van der Waals surface area contributed by atoms with Crippen LogP contribution in [0.4, 0.5) is 16.6 Å². The average molecular weight is 733 g/mol. The minimum absolute atomic E-state index is 0.275. The van der Waals surface area contributed by atoms with E-state index < -0.39 is 0 Å². The highest BCUT2D eigenvalue weighted by Gasteiger charge is 2.27. The summed E-state index contributed by atoms with van der Waals surface area (Å²) < 4.78 is 1.80. The Balaban J connectivity index is 0.918. The van der Waals surface area contributed by atoms with E-state index in [1.165, 1.54) is 0 Å². The molecule has 7 heterocycles. The van der Waals surface area contributed by atoms with Gasteiger partial charge in [-0.1, -0.05) is 30.7 Å². The monoisotopic (exact) mass is 732 g/mol. The zero-order valence-corrected chi connectivity index (χ0v) is 30.9. The van der Waals surface area contributed by atoms with Crippen LogP contribution in [0, 0.1) is 17.2 Å². The van der Waals surface area contributed by atoms with Gasteiger partial charge in [0.1, 0.15) is 11.9 Å². The topological polar surface area (TPSA) is 161 Å². The van der Waals surface area contributed by atoms with Crippen molar-refractivity contribution in [3.05, 3.63) is 66.1 Å². The molecule has 53 heavy (non-hydrogen) atoms. The summed E-state index contributed by atoms with van der Waals surface area (Å²) in [6.07, 6.45) is 9.41. The van der Waals surface area contributed by atoms with Gasteiger partial charge in [-0.25, -0.2) is 9.50 Å². The van der Waals surface area contributed by atoms with Crippen LogP contribution in [-0.2, 0) is 9.59 Å². The molecule has 5 aromatic heterocycles. The molecular formula is C38H44N12O2S. The summed E-state index contributed by atoms with van der Waals surface area (Å²) in [7, 11) is 0. The molecule has 2 amide bonds. The zero-order valence-electron chi connectivity index (χ0n) is 30.1. The lowest BCUT2D eigenvalue weighted by Crippen LogP contribution is -2.49. The first-order chi connectivity index (χ1) is 26.0. The van der Waals surface area contributed by atoms with Crippen LogP contribution in [0.1, 0.15) is 56.6 Å². The van der Waals surface area contributed by atoms with Gasteiger partial charge in [0.2, 0.25) is 17.4 Å². The van der Waals surface area contributed by atoms with Crippen molar-refractivity contribution in [2.24, 2.45) is 5.92 Å². The molecule has 274 valence electrons. The van der Waals surface area contributed by atoms with Crippen molar-refractivity contribution in [1.82, 2.24) is 40.0 Å². The number of aromatic nitrogens is 6. The van der Waals surface area contributed by atoms with E-state index in [9.17, 15) is 14.9 Å². The van der Waals surface area contributed by atoms with E-state index >= 15 is 0 Å². The molecule has 1 unspecified atom stereocenters. The number of piperazine rings is 1. The predicted molar refractivity (Wildman–Crippen MR) is 206 cm³/mol. The molecule has 0 saturated carbocycles. The molecule has 0 aliphatic carbocycles. The highest BCUT2D eigenvalue weighted by molar-refractivity contribution is 7.18. The van der Waals surface area contributed by atoms with E-state index in [0.29, 0.717) is 24.3 Å². The summed E-state index contributed by atoms with van der Waals surface area (Å²) in [5.74, 6) is 0.940. The largest absolute Gasteiger partial charge is 0.385 e. The van der Waals surface area contributed by atoms with Gasteiger partial charge in [-0.3, -0.25) is 24.8 Å². The number of fused-ring (bicyclic) bond motifs is 1. The number of carbonyl (C=O) groups excluding carboxylic acids is 2. The molecule has 2 aliphatic heterocycles. The molecule has 1 atom stereocenters. The molecule has 2 fully saturated rings. The zero-order chi connectivity index (χ0) is 36.7. The third-order valence-corrected chi connectivity index (χ3v) is 11.2. The van der Waals surface area contributed by atoms with Gasteiger partial charge in [0.05, 0.1) is 40.1 Å². The molecule has 2 aliphatic rings. The van der Waals surface area contributed by atoms with Crippen molar-refractivity contribution in [3.8, 4) is 28.0 Å². The van der Waals surface area contributed by atoms with E-state index in [-0.39, 0.29) is 11.8 Å². The van der Waals surface area contributed by atoms with E-state index in [0.717, 1.165) is 121 Å². The molecule has 2 N–H and O–H groups in total. The van der Waals surface area contributed by atoms with Gasteiger partial charge in [0.15, 0.2) is 5.01 Å². The normalized spacial score (nSPS) is 16.0. The third kappa shape index (κ3) is 7.98. The number of amides is 2. The van der Waals surface area contributed by atoms with Gasteiger partial charge in [0, 0.05) is 70.4 Å². The first kappa shape index (κ1) is 35.9. The SMILES string of the molecule is CCCC(C(=O)NC=O)c1ccc(N2CCC(CN3CCN(c4nnc(-c5cnc(-c6ccc7cc(C#N)cnn67)cc5NCC)s4)CC3)CC2)nc1. The molecule has 7 rings (SSSR count). The van der Waals surface area contributed by atoms with Crippen molar-refractivity contribution in [1.29, 1.82) is 5.26 Å². The van der Waals surface area contributed by atoms with Crippen molar-refractivity contribution >= 4 is 45.8 Å². The smallest absolute Gasteiger partial charge is 0.233 e. The van der Waals surface area contributed by atoms with Gasteiger partial charge in [0.25, 0.3) is 0 Å². The van der Waals surface area contributed by atoms with Crippen LogP contribution >= 0.6 is 11.3 Å². The number of hydrogen-bond acceptors (Lipinski definition) is 13. The first-order valence-corrected chi connectivity index (χ1v) is 19.2. The number of piperidine rings is 1. The van der Waals surface area contributed by atoms with Crippen molar-refractivity contribution in [2.75, 3.05) is 67.5 Å². The third-order valence-electron chi connectivity index (χ3n) is 10.2. The quantitative estimate of drug-likeness (QED) is 0.159. The van der Waals surface area contributed by atoms with Crippen molar-refractivity contribution in [3.63, 3.8) is 0 Å². The summed E-state index contributed by atoms with van der Waals surface area (Å²) in [5.41, 5.74) is 5.68. The van der Waals surface area contributed by atoms with Crippen LogP contribution in [0.25, 0.3) is 27.5 Å². The standard InChI is InChI=1S/C38H44N12O2S/c1-3-5-30(36(52)43-25-51)28-6-9-35(42-22-28)48-12-10-26(11-13-48)24-47-14-16-49(17-15-47)38-46-45-37(53-38)31-23-41-33(19-32(31)40-4-2)34-8-7-29-18-27(20-39)21-44-50(29)34/h6-9,18-19,21-23,25-26,30H,3-5,10-17,24H2,1-2H3,(H,40,41)(H,43,51,52). The Labute approximate surface area is 312 Å². The molecule has 15 heteroatoms. The van der Waals surface area contributed by atoms with Gasteiger partial charge in [-0.05, 0) is 68.0 Å². The first-order valence-electron chi connectivity index (χ1n) is 18.4. The van der Waals surface area contributed by atoms with E-state index in [2.05, 4.69) is 53.6 Å². The Morgan fingerprint density at radius 3 is 2.55 bits per heavy atom. The summed E-state index contributed by atoms with van der Waals surface area (Å²) in [6, 6.07) is 13.9. The maximum atomic E-state index is 12.4. The molecule has 0 radical (unpaired) electrons. The summed E-state index contributed by atoms with van der Waals surface area (Å²) in [4.78, 5) is 39.9. The van der Waals surface area contributed by atoms with Crippen LogP contribution < -0.4 is 20.4 Å². The number of imide groups is 1. The van der Waals surface area contributed by atoms with Gasteiger partial charge >= 0.3 is 0 Å². The summed E-state index contributed by atoms with van der Waals surface area (Å²) in [5, 5.41) is 30.4. The van der Waals surface area contributed by atoms with Crippen molar-refractivity contribution < 1.29 is 9.59 Å². The highest BCUT2D eigenvalue weighted by Crippen LogP contribution is 2.36. The number of nitrogens with zero attached hydrogens (tertiary/aromatic N) is 10. The van der Waals surface area contributed by atoms with E-state index in [1.807, 2.05) is 49.5 Å². The van der Waals surface area contributed by atoms with Crippen LogP contribution in [0.2, 0.25) is 0 Å². The second-order valence-electron chi connectivity index (χ2n) is 13.6. The number of nitrogens with one attached hydrogen (secondary N) is 2. The predicted octanol–water partition coefficient (Wildman–Crippen LogP) is 4.81. The van der Waals surface area contributed by atoms with Gasteiger partial charge in [-0.2, -0.15) is 10.4 Å². The Kier molecular flexibility index (Phi) is 11.2. The van der Waals surface area contributed by atoms with Crippen LogP contribution in [0.15, 0.2) is 55.0 Å². The average Bonchev–Trinajstić information content (AvgIpc) is 3.86. The Hall–Kier alpha value is -5.46. The molecule has 0 aromatic carbocycles. The fourth-order valence-electron chi connectivity index (χ4n) is 7.33. The molecule has 5 aromatic rings. The molecular weight excluding hydrogens is 689 g/mol. The number of anilines is 3. The minimum atomic E-state index is -0.365. The lowest BCUT2D eigenvalue weighted by molar-refractivity contribution is -0.126. The summed E-state index contributed by atoms with van der Waals surface area (Å²) >= 11 is 1.60. The lowest BCUT2D eigenvalue weighted by atomic mass is 9.94. The summed E-state index contributed by atoms with van der Waals surface area (Å²) in [6.45, 7) is 11.7. The van der Waals surface area contributed by atoms with Gasteiger partial charge in [-0.15, -0.1) is 10.2 Å². The van der Waals surface area contributed by atoms with Crippen LogP contribution in [0.3, 0.4) is 0 Å². The van der Waals surface area contributed by atoms with Crippen LogP contribution in [0.5, 0.6) is 0 Å². The fraction of sp³-hybridized carbons (Fsp3) is 0.421. The molecule has 2 saturated heterocycles. The lowest BCUT2D eigenvalue weighted by Gasteiger charge is -2.39. The molecule has 0 bridgehead atoms. The Morgan fingerprint density at radius 1 is 1.00 bits per heavy atom. The number of pyridine rings is 2. The second kappa shape index (κ2) is 16.5. The highest BCUT2D eigenvalue weighted by atomic mass is 32.1. The van der Waals surface area contributed by atoms with E-state index in [1.54, 1.807) is 28.2 Å². The Bertz CT molecular complexity index is 2070. The molecule has 14 nitrogen and oxygen atoms in total. The fourth-order valence-corrected chi connectivity index (χ4v) is 8.25. The van der Waals surface area contributed by atoms with Crippen LogP contribution in [-0.4, -0.2) is 99.4 Å². The number of hydrogen-bond donors (Lipinski definition) is 2.